The van der Waals surface area contributed by atoms with Gasteiger partial charge in [0.25, 0.3) is 0 Å². The van der Waals surface area contributed by atoms with Crippen molar-refractivity contribution in [3.63, 3.8) is 0 Å². The van der Waals surface area contributed by atoms with Gasteiger partial charge in [-0.15, -0.1) is 0 Å². The molecule has 0 spiro atoms. The van der Waals surface area contributed by atoms with E-state index >= 15 is 0 Å². The van der Waals surface area contributed by atoms with Crippen molar-refractivity contribution in [2.45, 2.75) is 44.1 Å². The Balaban J connectivity index is 2.00. The second-order valence-electron chi connectivity index (χ2n) is 4.22. The second kappa shape index (κ2) is 3.43. The molecule has 2 fully saturated rings. The minimum atomic E-state index is -0.790. The molecule has 4 atom stereocenters. The summed E-state index contributed by atoms with van der Waals surface area (Å²) in [5, 5.41) is 19.3. The number of rotatable bonds is 2. The highest BCUT2D eigenvalue weighted by Crippen LogP contribution is 2.28. The van der Waals surface area contributed by atoms with Gasteiger partial charge in [0.1, 0.15) is 24.4 Å². The summed E-state index contributed by atoms with van der Waals surface area (Å²) in [5.74, 6) is -0.750. The minimum Gasteiger partial charge on any atom is -0.388 e. The number of hydrogen-bond acceptors (Lipinski definition) is 5. The first kappa shape index (κ1) is 10.3. The van der Waals surface area contributed by atoms with Gasteiger partial charge in [0.15, 0.2) is 5.79 Å². The molecule has 0 aromatic heterocycles. The van der Waals surface area contributed by atoms with Crippen LogP contribution in [0.25, 0.3) is 0 Å². The number of epoxide rings is 1. The van der Waals surface area contributed by atoms with E-state index in [9.17, 15) is 10.2 Å². The normalized spacial score (nSPS) is 43.3. The average Bonchev–Trinajstić information content (AvgIpc) is 2.91. The Kier molecular flexibility index (Phi) is 2.53. The first-order valence-corrected chi connectivity index (χ1v) is 4.79. The quantitative estimate of drug-likeness (QED) is 0.580. The number of hydrogen-bond donors (Lipinski definition) is 2. The van der Waals surface area contributed by atoms with Crippen LogP contribution in [0.5, 0.6) is 0 Å². The predicted molar refractivity (Wildman–Crippen MR) is 46.7 cm³/mol. The van der Waals surface area contributed by atoms with Crippen LogP contribution in [-0.2, 0) is 14.2 Å². The largest absolute Gasteiger partial charge is 0.388 e. The molecule has 0 bridgehead atoms. The molecule has 0 radical (unpaired) electrons. The maximum Gasteiger partial charge on any atom is 0.163 e. The van der Waals surface area contributed by atoms with Crippen molar-refractivity contribution in [2.24, 2.45) is 0 Å². The van der Waals surface area contributed by atoms with Crippen LogP contribution >= 0.6 is 0 Å². The van der Waals surface area contributed by atoms with Crippen LogP contribution in [0, 0.1) is 0 Å². The Morgan fingerprint density at radius 2 is 2.00 bits per heavy atom. The van der Waals surface area contributed by atoms with Crippen molar-refractivity contribution in [1.82, 2.24) is 0 Å². The molecule has 0 aromatic carbocycles. The summed E-state index contributed by atoms with van der Waals surface area (Å²) < 4.78 is 15.6. The molecule has 5 heteroatoms. The lowest BCUT2D eigenvalue weighted by atomic mass is 10.0. The van der Waals surface area contributed by atoms with Crippen LogP contribution in [0.4, 0.5) is 0 Å². The van der Waals surface area contributed by atoms with E-state index in [0.29, 0.717) is 6.61 Å². The lowest BCUT2D eigenvalue weighted by Gasteiger charge is -2.40. The lowest BCUT2D eigenvalue weighted by molar-refractivity contribution is -0.319. The van der Waals surface area contributed by atoms with Crippen LogP contribution in [0.1, 0.15) is 13.8 Å². The smallest absolute Gasteiger partial charge is 0.163 e. The second-order valence-corrected chi connectivity index (χ2v) is 4.22. The summed E-state index contributed by atoms with van der Waals surface area (Å²) in [7, 11) is 0. The molecule has 0 unspecified atom stereocenters. The molecule has 2 aliphatic rings. The summed E-state index contributed by atoms with van der Waals surface area (Å²) in [6.45, 7) is 4.23. The topological polar surface area (TPSA) is 71.5 Å². The molecular weight excluding hydrogens is 188 g/mol. The molecular formula is C9H16O5. The van der Waals surface area contributed by atoms with E-state index in [1.807, 2.05) is 0 Å². The molecule has 2 aliphatic heterocycles. The molecule has 82 valence electrons. The van der Waals surface area contributed by atoms with Crippen molar-refractivity contribution in [3.8, 4) is 0 Å². The summed E-state index contributed by atoms with van der Waals surface area (Å²) >= 11 is 0. The highest BCUT2D eigenvalue weighted by atomic mass is 16.7. The van der Waals surface area contributed by atoms with Crippen LogP contribution in [-0.4, -0.2) is 53.6 Å². The fourth-order valence-electron chi connectivity index (χ4n) is 1.58. The van der Waals surface area contributed by atoms with Crippen molar-refractivity contribution in [3.05, 3.63) is 0 Å². The average molecular weight is 204 g/mol. The highest BCUT2D eigenvalue weighted by molar-refractivity contribution is 4.91. The molecule has 2 rings (SSSR count). The van der Waals surface area contributed by atoms with Gasteiger partial charge in [0, 0.05) is 0 Å². The van der Waals surface area contributed by atoms with Gasteiger partial charge >= 0.3 is 0 Å². The summed E-state index contributed by atoms with van der Waals surface area (Å²) in [4.78, 5) is 0. The predicted octanol–water partition coefficient (Wildman–Crippen LogP) is -0.742. The van der Waals surface area contributed by atoms with E-state index < -0.39 is 24.1 Å². The Hall–Kier alpha value is -0.200. The van der Waals surface area contributed by atoms with Gasteiger partial charge in [-0.05, 0) is 13.8 Å². The minimum absolute atomic E-state index is 0.182. The molecule has 0 aliphatic carbocycles. The monoisotopic (exact) mass is 204 g/mol. The van der Waals surface area contributed by atoms with E-state index in [4.69, 9.17) is 14.2 Å². The van der Waals surface area contributed by atoms with Crippen LogP contribution in [0.3, 0.4) is 0 Å². The number of aliphatic hydroxyl groups is 2. The Bertz CT molecular complexity index is 213. The SMILES string of the molecule is CC1(C)OC[C@@H](O)[C@H]([C@@H](O)[C@@H]2CO2)O1. The summed E-state index contributed by atoms with van der Waals surface area (Å²) in [6.07, 6.45) is -2.37. The van der Waals surface area contributed by atoms with Gasteiger partial charge in [-0.1, -0.05) is 0 Å². The zero-order chi connectivity index (χ0) is 10.3. The zero-order valence-electron chi connectivity index (χ0n) is 8.34. The Morgan fingerprint density at radius 1 is 1.36 bits per heavy atom. The lowest BCUT2D eigenvalue weighted by Crippen LogP contribution is -2.54. The molecule has 2 heterocycles. The molecule has 0 saturated carbocycles. The highest BCUT2D eigenvalue weighted by Gasteiger charge is 2.45. The Labute approximate surface area is 82.6 Å². The zero-order valence-corrected chi connectivity index (χ0v) is 8.34. The van der Waals surface area contributed by atoms with Gasteiger partial charge in [0.05, 0.1) is 13.2 Å². The van der Waals surface area contributed by atoms with Gasteiger partial charge < -0.3 is 24.4 Å². The van der Waals surface area contributed by atoms with Gasteiger partial charge in [-0.25, -0.2) is 0 Å². The standard InChI is InChI=1S/C9H16O5/c1-9(2)13-3-5(10)8(14-9)7(11)6-4-12-6/h5-8,10-11H,3-4H2,1-2H3/t5-,6+,7+,8-/m1/s1. The van der Waals surface area contributed by atoms with Crippen molar-refractivity contribution >= 4 is 0 Å². The molecule has 0 aromatic rings. The summed E-state index contributed by atoms with van der Waals surface area (Å²) in [5.41, 5.74) is 0. The maximum atomic E-state index is 9.75. The molecule has 0 amide bonds. The number of ether oxygens (including phenoxy) is 3. The van der Waals surface area contributed by atoms with Crippen molar-refractivity contribution in [2.75, 3.05) is 13.2 Å². The third-order valence-electron chi connectivity index (χ3n) is 2.48. The van der Waals surface area contributed by atoms with Gasteiger partial charge in [-0.2, -0.15) is 0 Å². The first-order valence-electron chi connectivity index (χ1n) is 4.79. The van der Waals surface area contributed by atoms with Crippen LogP contribution in [0.2, 0.25) is 0 Å². The maximum absolute atomic E-state index is 9.75. The molecule has 2 N–H and O–H groups in total. The van der Waals surface area contributed by atoms with E-state index in [1.165, 1.54) is 0 Å². The fraction of sp³-hybridized carbons (Fsp3) is 1.00. The third-order valence-corrected chi connectivity index (χ3v) is 2.48. The van der Waals surface area contributed by atoms with Gasteiger partial charge in [-0.3, -0.25) is 0 Å². The molecule has 14 heavy (non-hydrogen) atoms. The molecule has 5 nitrogen and oxygen atoms in total. The van der Waals surface area contributed by atoms with Gasteiger partial charge in [0.2, 0.25) is 0 Å². The van der Waals surface area contributed by atoms with Crippen LogP contribution in [0.15, 0.2) is 0 Å². The van der Waals surface area contributed by atoms with Crippen molar-refractivity contribution < 1.29 is 24.4 Å². The Morgan fingerprint density at radius 3 is 2.57 bits per heavy atom. The van der Waals surface area contributed by atoms with E-state index in [2.05, 4.69) is 0 Å². The van der Waals surface area contributed by atoms with E-state index in [0.717, 1.165) is 0 Å². The van der Waals surface area contributed by atoms with Crippen molar-refractivity contribution in [1.29, 1.82) is 0 Å². The summed E-state index contributed by atoms with van der Waals surface area (Å²) in [6, 6.07) is 0. The van der Waals surface area contributed by atoms with Crippen LogP contribution < -0.4 is 0 Å². The number of aliphatic hydroxyl groups excluding tert-OH is 2. The first-order chi connectivity index (χ1) is 6.49. The van der Waals surface area contributed by atoms with E-state index in [1.54, 1.807) is 13.8 Å². The third kappa shape index (κ3) is 2.07. The van der Waals surface area contributed by atoms with E-state index in [-0.39, 0.29) is 12.7 Å². The molecule has 2 saturated heterocycles. The fourth-order valence-corrected chi connectivity index (χ4v) is 1.58.